The minimum absolute atomic E-state index is 0.160. The van der Waals surface area contributed by atoms with Gasteiger partial charge in [0.05, 0.1) is 21.7 Å². The Morgan fingerprint density at radius 3 is 2.81 bits per heavy atom. The number of aryl methyl sites for hydroxylation is 1. The van der Waals surface area contributed by atoms with E-state index in [0.717, 1.165) is 22.3 Å². The van der Waals surface area contributed by atoms with Crippen LogP contribution < -0.4 is 10.1 Å². The number of halogens is 2. The SMILES string of the molecule is CCn1cc(Br)c(CNC(=O)c2cccc(COc3ccccc3Cl)c2)n1. The zero-order valence-electron chi connectivity index (χ0n) is 14.8. The molecule has 0 bridgehead atoms. The fourth-order valence-electron chi connectivity index (χ4n) is 2.51. The highest BCUT2D eigenvalue weighted by Crippen LogP contribution is 2.24. The smallest absolute Gasteiger partial charge is 0.251 e. The number of rotatable bonds is 7. The topological polar surface area (TPSA) is 56.2 Å². The molecule has 140 valence electrons. The molecule has 0 saturated heterocycles. The van der Waals surface area contributed by atoms with E-state index in [1.54, 1.807) is 12.1 Å². The lowest BCUT2D eigenvalue weighted by molar-refractivity contribution is 0.0950. The summed E-state index contributed by atoms with van der Waals surface area (Å²) in [6.45, 7) is 3.47. The Morgan fingerprint density at radius 1 is 1.26 bits per heavy atom. The van der Waals surface area contributed by atoms with Crippen LogP contribution in [0.5, 0.6) is 5.75 Å². The average molecular weight is 449 g/mol. The van der Waals surface area contributed by atoms with Crippen LogP contribution in [0, 0.1) is 0 Å². The summed E-state index contributed by atoms with van der Waals surface area (Å²) in [5, 5.41) is 7.86. The molecule has 0 aliphatic heterocycles. The molecule has 27 heavy (non-hydrogen) atoms. The fourth-order valence-corrected chi connectivity index (χ4v) is 3.16. The molecule has 0 atom stereocenters. The third-order valence-corrected chi connectivity index (χ3v) is 4.92. The van der Waals surface area contributed by atoms with E-state index < -0.39 is 0 Å². The normalized spacial score (nSPS) is 10.6. The molecule has 0 aliphatic carbocycles. The van der Waals surface area contributed by atoms with E-state index >= 15 is 0 Å². The molecular weight excluding hydrogens is 430 g/mol. The van der Waals surface area contributed by atoms with Gasteiger partial charge in [-0.3, -0.25) is 9.48 Å². The monoisotopic (exact) mass is 447 g/mol. The van der Waals surface area contributed by atoms with Crippen LogP contribution >= 0.6 is 27.5 Å². The molecule has 0 spiro atoms. The minimum Gasteiger partial charge on any atom is -0.487 e. The Hall–Kier alpha value is -2.31. The second-order valence-corrected chi connectivity index (χ2v) is 7.14. The number of carbonyl (C=O) groups excluding carboxylic acids is 1. The first-order chi connectivity index (χ1) is 13.1. The molecule has 1 N–H and O–H groups in total. The van der Waals surface area contributed by atoms with Gasteiger partial charge in [0.15, 0.2) is 0 Å². The zero-order chi connectivity index (χ0) is 19.2. The predicted octanol–water partition coefficient (Wildman–Crippen LogP) is 4.83. The molecule has 1 aromatic heterocycles. The van der Waals surface area contributed by atoms with Gasteiger partial charge in [0, 0.05) is 18.3 Å². The van der Waals surface area contributed by atoms with Crippen LogP contribution in [0.15, 0.2) is 59.2 Å². The zero-order valence-corrected chi connectivity index (χ0v) is 17.1. The standard InChI is InChI=1S/C20H19BrClN3O2/c1-2-25-12-16(21)18(24-25)11-23-20(26)15-7-5-6-14(10-15)13-27-19-9-4-3-8-17(19)22/h3-10,12H,2,11,13H2,1H3,(H,23,26). The lowest BCUT2D eigenvalue weighted by atomic mass is 10.1. The van der Waals surface area contributed by atoms with E-state index in [2.05, 4.69) is 26.3 Å². The molecule has 0 radical (unpaired) electrons. The van der Waals surface area contributed by atoms with Crippen LogP contribution in [0.2, 0.25) is 5.02 Å². The Kier molecular flexibility index (Phi) is 6.53. The van der Waals surface area contributed by atoms with Crippen molar-refractivity contribution in [2.45, 2.75) is 26.6 Å². The second-order valence-electron chi connectivity index (χ2n) is 5.88. The molecule has 7 heteroatoms. The summed E-state index contributed by atoms with van der Waals surface area (Å²) < 4.78 is 8.43. The number of nitrogens with one attached hydrogen (secondary N) is 1. The summed E-state index contributed by atoms with van der Waals surface area (Å²) >= 11 is 9.56. The van der Waals surface area contributed by atoms with Crippen LogP contribution in [-0.4, -0.2) is 15.7 Å². The first-order valence-corrected chi connectivity index (χ1v) is 9.70. The van der Waals surface area contributed by atoms with Crippen molar-refractivity contribution in [3.63, 3.8) is 0 Å². The quantitative estimate of drug-likeness (QED) is 0.563. The van der Waals surface area contributed by atoms with Crippen LogP contribution in [0.25, 0.3) is 0 Å². The fraction of sp³-hybridized carbons (Fsp3) is 0.200. The lowest BCUT2D eigenvalue weighted by Crippen LogP contribution is -2.23. The van der Waals surface area contributed by atoms with Gasteiger partial charge in [-0.15, -0.1) is 0 Å². The Labute approximate surface area is 171 Å². The van der Waals surface area contributed by atoms with Gasteiger partial charge in [0.2, 0.25) is 0 Å². The summed E-state index contributed by atoms with van der Waals surface area (Å²) in [7, 11) is 0. The van der Waals surface area contributed by atoms with Crippen LogP contribution in [0.1, 0.15) is 28.5 Å². The van der Waals surface area contributed by atoms with Gasteiger partial charge in [-0.2, -0.15) is 5.10 Å². The van der Waals surface area contributed by atoms with E-state index in [-0.39, 0.29) is 5.91 Å². The first kappa shape index (κ1) is 19.5. The highest BCUT2D eigenvalue weighted by Gasteiger charge is 2.10. The molecule has 1 heterocycles. The summed E-state index contributed by atoms with van der Waals surface area (Å²) in [4.78, 5) is 12.5. The first-order valence-electron chi connectivity index (χ1n) is 8.53. The number of ether oxygens (including phenoxy) is 1. The number of hydrogen-bond donors (Lipinski definition) is 1. The molecule has 3 rings (SSSR count). The number of para-hydroxylation sites is 1. The Bertz CT molecular complexity index is 942. The second kappa shape index (κ2) is 9.06. The van der Waals surface area contributed by atoms with E-state index in [0.29, 0.717) is 29.5 Å². The summed E-state index contributed by atoms with van der Waals surface area (Å²) in [6, 6.07) is 14.6. The number of carbonyl (C=O) groups is 1. The van der Waals surface area contributed by atoms with Crippen LogP contribution in [-0.2, 0) is 19.7 Å². The van der Waals surface area contributed by atoms with Crippen molar-refractivity contribution in [2.75, 3.05) is 0 Å². The molecule has 2 aromatic carbocycles. The Balaban J connectivity index is 1.61. The van der Waals surface area contributed by atoms with Crippen molar-refractivity contribution in [1.29, 1.82) is 0 Å². The average Bonchev–Trinajstić information content (AvgIpc) is 3.05. The van der Waals surface area contributed by atoms with Gasteiger partial charge in [-0.1, -0.05) is 35.9 Å². The number of benzene rings is 2. The van der Waals surface area contributed by atoms with E-state index in [9.17, 15) is 4.79 Å². The van der Waals surface area contributed by atoms with E-state index in [1.165, 1.54) is 0 Å². The van der Waals surface area contributed by atoms with Crippen LogP contribution in [0.3, 0.4) is 0 Å². The van der Waals surface area contributed by atoms with Crippen molar-refractivity contribution < 1.29 is 9.53 Å². The third kappa shape index (κ3) is 5.11. The number of aromatic nitrogens is 2. The molecule has 5 nitrogen and oxygen atoms in total. The van der Waals surface area contributed by atoms with Crippen molar-refractivity contribution in [3.05, 3.63) is 81.0 Å². The molecule has 0 unspecified atom stereocenters. The van der Waals surface area contributed by atoms with Gasteiger partial charge in [0.25, 0.3) is 5.91 Å². The lowest BCUT2D eigenvalue weighted by Gasteiger charge is -2.09. The number of hydrogen-bond acceptors (Lipinski definition) is 3. The summed E-state index contributed by atoms with van der Waals surface area (Å²) in [5.74, 6) is 0.456. The van der Waals surface area contributed by atoms with Gasteiger partial charge in [0.1, 0.15) is 12.4 Å². The maximum Gasteiger partial charge on any atom is 0.251 e. The predicted molar refractivity (Wildman–Crippen MR) is 109 cm³/mol. The van der Waals surface area contributed by atoms with E-state index in [4.69, 9.17) is 16.3 Å². The molecule has 0 aliphatic rings. The number of nitrogens with zero attached hydrogens (tertiary/aromatic N) is 2. The maximum atomic E-state index is 12.5. The largest absolute Gasteiger partial charge is 0.487 e. The maximum absolute atomic E-state index is 12.5. The highest BCUT2D eigenvalue weighted by atomic mass is 79.9. The van der Waals surface area contributed by atoms with Gasteiger partial charge in [-0.25, -0.2) is 0 Å². The minimum atomic E-state index is -0.160. The Morgan fingerprint density at radius 2 is 2.07 bits per heavy atom. The van der Waals surface area contributed by atoms with Crippen molar-refractivity contribution in [3.8, 4) is 5.75 Å². The molecule has 0 fully saturated rings. The molecule has 1 amide bonds. The van der Waals surface area contributed by atoms with E-state index in [1.807, 2.05) is 54.2 Å². The molecular formula is C20H19BrClN3O2. The van der Waals surface area contributed by atoms with Crippen molar-refractivity contribution >= 4 is 33.4 Å². The molecule has 3 aromatic rings. The van der Waals surface area contributed by atoms with Gasteiger partial charge >= 0.3 is 0 Å². The number of amides is 1. The van der Waals surface area contributed by atoms with Gasteiger partial charge in [-0.05, 0) is 52.7 Å². The van der Waals surface area contributed by atoms with Crippen LogP contribution in [0.4, 0.5) is 0 Å². The third-order valence-electron chi connectivity index (χ3n) is 3.95. The van der Waals surface area contributed by atoms with Gasteiger partial charge < -0.3 is 10.1 Å². The summed E-state index contributed by atoms with van der Waals surface area (Å²) in [5.41, 5.74) is 2.25. The van der Waals surface area contributed by atoms with Crippen molar-refractivity contribution in [1.82, 2.24) is 15.1 Å². The summed E-state index contributed by atoms with van der Waals surface area (Å²) in [6.07, 6.45) is 1.90. The molecule has 0 saturated carbocycles. The highest BCUT2D eigenvalue weighted by molar-refractivity contribution is 9.10. The van der Waals surface area contributed by atoms with Crippen molar-refractivity contribution in [2.24, 2.45) is 0 Å².